The van der Waals surface area contributed by atoms with E-state index in [0.29, 0.717) is 5.69 Å². The second-order valence-electron chi connectivity index (χ2n) is 4.57. The van der Waals surface area contributed by atoms with Gasteiger partial charge in [0.1, 0.15) is 0 Å². The largest absolute Gasteiger partial charge is 0.460 e. The minimum atomic E-state index is -6.60. The molecule has 0 aliphatic heterocycles. The summed E-state index contributed by atoms with van der Waals surface area (Å²) < 4.78 is 86.9. The molecule has 0 heterocycles. The van der Waals surface area contributed by atoms with Crippen LogP contribution in [0.1, 0.15) is 6.42 Å². The Morgan fingerprint density at radius 2 is 1.46 bits per heavy atom. The molecule has 24 heavy (non-hydrogen) atoms. The highest BCUT2D eigenvalue weighted by Crippen LogP contribution is 2.46. The molecule has 0 radical (unpaired) electrons. The van der Waals surface area contributed by atoms with E-state index in [9.17, 15) is 40.3 Å². The number of para-hydroxylation sites is 1. The minimum Gasteiger partial charge on any atom is -0.350 e. The second kappa shape index (κ2) is 7.05. The van der Waals surface area contributed by atoms with Gasteiger partial charge in [0.2, 0.25) is 5.91 Å². The predicted octanol–water partition coefficient (Wildman–Crippen LogP) is 2.96. The van der Waals surface area contributed by atoms with E-state index >= 15 is 0 Å². The first kappa shape index (κ1) is 19.7. The molecule has 0 saturated carbocycles. The van der Waals surface area contributed by atoms with Crippen molar-refractivity contribution in [2.75, 3.05) is 11.9 Å². The van der Waals surface area contributed by atoms with Crippen LogP contribution in [0.2, 0.25) is 0 Å². The summed E-state index contributed by atoms with van der Waals surface area (Å²) >= 11 is 0. The van der Waals surface area contributed by atoms with E-state index in [1.165, 1.54) is 17.4 Å². The molecule has 0 spiro atoms. The molecule has 1 rings (SSSR count). The first-order valence-electron chi connectivity index (χ1n) is 6.35. The third-order valence-corrected chi connectivity index (χ3v) is 2.73. The van der Waals surface area contributed by atoms with E-state index < -0.39 is 42.8 Å². The van der Waals surface area contributed by atoms with Gasteiger partial charge < -0.3 is 10.6 Å². The number of hydrogen-bond acceptors (Lipinski definition) is 2. The number of anilines is 1. The lowest BCUT2D eigenvalue weighted by molar-refractivity contribution is -0.344. The Morgan fingerprint density at radius 1 is 0.917 bits per heavy atom. The van der Waals surface area contributed by atoms with Crippen LogP contribution >= 0.6 is 0 Å². The molecular formula is C13H11F7N2O2. The van der Waals surface area contributed by atoms with Gasteiger partial charge in [-0.1, -0.05) is 18.2 Å². The highest BCUT2D eigenvalue weighted by atomic mass is 19.4. The molecule has 2 N–H and O–H groups in total. The lowest BCUT2D eigenvalue weighted by atomic mass is 10.1. The van der Waals surface area contributed by atoms with E-state index in [4.69, 9.17) is 0 Å². The molecule has 0 atom stereocenters. The number of amides is 2. The lowest BCUT2D eigenvalue weighted by Gasteiger charge is -2.26. The molecule has 11 heteroatoms. The Balaban J connectivity index is 2.55. The number of nitrogens with one attached hydrogen (secondary N) is 2. The molecule has 134 valence electrons. The van der Waals surface area contributed by atoms with E-state index in [0.717, 1.165) is 0 Å². The van der Waals surface area contributed by atoms with Crippen LogP contribution < -0.4 is 10.6 Å². The van der Waals surface area contributed by atoms with Gasteiger partial charge in [0.25, 0.3) is 5.91 Å². The zero-order valence-electron chi connectivity index (χ0n) is 11.8. The topological polar surface area (TPSA) is 58.2 Å². The average molecular weight is 360 g/mol. The second-order valence-corrected chi connectivity index (χ2v) is 4.57. The first-order chi connectivity index (χ1) is 10.9. The van der Waals surface area contributed by atoms with E-state index in [2.05, 4.69) is 5.32 Å². The molecule has 0 aromatic heterocycles. The molecule has 4 nitrogen and oxygen atoms in total. The molecule has 0 fully saturated rings. The van der Waals surface area contributed by atoms with Crippen molar-refractivity contribution in [2.24, 2.45) is 0 Å². The van der Waals surface area contributed by atoms with Crippen molar-refractivity contribution in [3.63, 3.8) is 0 Å². The molecule has 1 aromatic carbocycles. The summed E-state index contributed by atoms with van der Waals surface area (Å²) in [5, 5.41) is 3.49. The number of rotatable bonds is 6. The molecule has 0 unspecified atom stereocenters. The van der Waals surface area contributed by atoms with Crippen LogP contribution in [0.4, 0.5) is 36.4 Å². The van der Waals surface area contributed by atoms with Gasteiger partial charge in [0, 0.05) is 18.7 Å². The SMILES string of the molecule is O=C(CCNC(=O)C(F)(F)C(F)(F)C(F)(F)F)Nc1ccccc1. The maximum atomic E-state index is 13.0. The van der Waals surface area contributed by atoms with Crippen molar-refractivity contribution < 1.29 is 40.3 Å². The van der Waals surface area contributed by atoms with Crippen LogP contribution in [0.25, 0.3) is 0 Å². The zero-order chi connectivity index (χ0) is 18.6. The Hall–Kier alpha value is -2.33. The number of carbonyl (C=O) groups excluding carboxylic acids is 2. The smallest absolute Gasteiger partial charge is 0.350 e. The summed E-state index contributed by atoms with van der Waals surface area (Å²) in [5.41, 5.74) is 0.350. The number of alkyl halides is 7. The number of halogens is 7. The summed E-state index contributed by atoms with van der Waals surface area (Å²) in [5.74, 6) is -16.1. The van der Waals surface area contributed by atoms with Crippen molar-refractivity contribution in [1.29, 1.82) is 0 Å². The van der Waals surface area contributed by atoms with Gasteiger partial charge in [-0.2, -0.15) is 30.7 Å². The highest BCUT2D eigenvalue weighted by molar-refractivity contribution is 5.91. The molecule has 0 aliphatic rings. The number of benzene rings is 1. The fraction of sp³-hybridized carbons (Fsp3) is 0.385. The predicted molar refractivity (Wildman–Crippen MR) is 68.6 cm³/mol. The third-order valence-electron chi connectivity index (χ3n) is 2.73. The third kappa shape index (κ3) is 4.36. The van der Waals surface area contributed by atoms with Gasteiger partial charge in [0.15, 0.2) is 0 Å². The first-order valence-corrected chi connectivity index (χ1v) is 6.35. The van der Waals surface area contributed by atoms with Crippen molar-refractivity contribution in [2.45, 2.75) is 24.4 Å². The van der Waals surface area contributed by atoms with E-state index in [-0.39, 0.29) is 0 Å². The molecule has 0 saturated heterocycles. The van der Waals surface area contributed by atoms with Gasteiger partial charge >= 0.3 is 18.0 Å². The van der Waals surface area contributed by atoms with E-state index in [1.54, 1.807) is 18.2 Å². The average Bonchev–Trinajstić information content (AvgIpc) is 2.46. The summed E-state index contributed by atoms with van der Waals surface area (Å²) in [4.78, 5) is 22.3. The van der Waals surface area contributed by atoms with Gasteiger partial charge in [-0.3, -0.25) is 9.59 Å². The minimum absolute atomic E-state index is 0.350. The van der Waals surface area contributed by atoms with Gasteiger partial charge in [-0.05, 0) is 12.1 Å². The lowest BCUT2D eigenvalue weighted by Crippen LogP contribution is -2.59. The summed E-state index contributed by atoms with van der Waals surface area (Å²) in [6.45, 7) is -0.846. The maximum Gasteiger partial charge on any atom is 0.460 e. The van der Waals surface area contributed by atoms with Crippen LogP contribution in [-0.4, -0.2) is 36.4 Å². The normalized spacial score (nSPS) is 12.6. The Kier molecular flexibility index (Phi) is 5.80. The van der Waals surface area contributed by atoms with Crippen LogP contribution in [0, 0.1) is 0 Å². The summed E-state index contributed by atoms with van der Waals surface area (Å²) in [7, 11) is 0. The Bertz CT molecular complexity index is 588. The standard InChI is InChI=1S/C13H11F7N2O2/c14-11(15,12(16,17)13(18,19)20)10(24)21-7-6-9(23)22-8-4-2-1-3-5-8/h1-5H,6-7H2,(H,21,24)(H,22,23). The molecule has 2 amide bonds. The van der Waals surface area contributed by atoms with Gasteiger partial charge in [-0.15, -0.1) is 0 Å². The molecule has 0 aliphatic carbocycles. The summed E-state index contributed by atoms with van der Waals surface area (Å²) in [6, 6.07) is 7.80. The Labute approximate surface area is 131 Å². The monoisotopic (exact) mass is 360 g/mol. The summed E-state index contributed by atoms with van der Waals surface area (Å²) in [6.07, 6.45) is -7.20. The van der Waals surface area contributed by atoms with Crippen LogP contribution in [-0.2, 0) is 9.59 Å². The Morgan fingerprint density at radius 3 is 1.96 bits per heavy atom. The van der Waals surface area contributed by atoms with E-state index in [1.807, 2.05) is 0 Å². The van der Waals surface area contributed by atoms with Crippen LogP contribution in [0.3, 0.4) is 0 Å². The molecule has 1 aromatic rings. The number of carbonyl (C=O) groups is 2. The van der Waals surface area contributed by atoms with Crippen molar-refractivity contribution >= 4 is 17.5 Å². The molecular weight excluding hydrogens is 349 g/mol. The van der Waals surface area contributed by atoms with Crippen LogP contribution in [0.5, 0.6) is 0 Å². The fourth-order valence-corrected chi connectivity index (χ4v) is 1.47. The fourth-order valence-electron chi connectivity index (χ4n) is 1.47. The maximum absolute atomic E-state index is 13.0. The van der Waals surface area contributed by atoms with Crippen LogP contribution in [0.15, 0.2) is 30.3 Å². The molecule has 0 bridgehead atoms. The number of hydrogen-bond donors (Lipinski definition) is 2. The van der Waals surface area contributed by atoms with Crippen molar-refractivity contribution in [1.82, 2.24) is 5.32 Å². The highest BCUT2D eigenvalue weighted by Gasteiger charge is 2.76. The zero-order valence-corrected chi connectivity index (χ0v) is 11.8. The van der Waals surface area contributed by atoms with Crippen molar-refractivity contribution in [3.8, 4) is 0 Å². The quantitative estimate of drug-likeness (QED) is 0.767. The van der Waals surface area contributed by atoms with Gasteiger partial charge in [-0.25, -0.2) is 0 Å². The van der Waals surface area contributed by atoms with Crippen molar-refractivity contribution in [3.05, 3.63) is 30.3 Å². The van der Waals surface area contributed by atoms with Gasteiger partial charge in [0.05, 0.1) is 0 Å².